The van der Waals surface area contributed by atoms with Crippen LogP contribution in [0.15, 0.2) is 24.3 Å². The first-order chi connectivity index (χ1) is 11.3. The summed E-state index contributed by atoms with van der Waals surface area (Å²) in [4.78, 5) is 25.1. The number of hydrogen-bond acceptors (Lipinski definition) is 4. The summed E-state index contributed by atoms with van der Waals surface area (Å²) in [6, 6.07) is 6.95. The van der Waals surface area contributed by atoms with Gasteiger partial charge in [0.05, 0.1) is 18.1 Å². The van der Waals surface area contributed by atoms with E-state index in [0.717, 1.165) is 5.56 Å². The molecule has 1 saturated heterocycles. The van der Waals surface area contributed by atoms with Crippen molar-refractivity contribution in [2.24, 2.45) is 0 Å². The molecule has 0 bridgehead atoms. The summed E-state index contributed by atoms with van der Waals surface area (Å²) in [5.74, 6) is -0.571. The second-order valence-electron chi connectivity index (χ2n) is 5.93. The highest BCUT2D eigenvalue weighted by Gasteiger charge is 2.34. The van der Waals surface area contributed by atoms with Crippen LogP contribution in [0.3, 0.4) is 0 Å². The lowest BCUT2D eigenvalue weighted by Gasteiger charge is -2.26. The van der Waals surface area contributed by atoms with Crippen molar-refractivity contribution in [3.8, 4) is 0 Å². The maximum Gasteiger partial charge on any atom is 0.239 e. The number of amides is 2. The summed E-state index contributed by atoms with van der Waals surface area (Å²) < 4.78 is 23.1. The Morgan fingerprint density at radius 2 is 1.96 bits per heavy atom. The molecule has 0 spiro atoms. The van der Waals surface area contributed by atoms with Gasteiger partial charge in [0.1, 0.15) is 0 Å². The van der Waals surface area contributed by atoms with E-state index in [2.05, 4.69) is 5.32 Å². The Balaban J connectivity index is 1.82. The number of sulfone groups is 1. The summed E-state index contributed by atoms with van der Waals surface area (Å²) in [6.07, 6.45) is 1.04. The minimum absolute atomic E-state index is 0.0648. The predicted octanol–water partition coefficient (Wildman–Crippen LogP) is 1.03. The average Bonchev–Trinajstić information content (AvgIpc) is 2.86. The number of hydrogen-bond donors (Lipinski definition) is 1. The Kier molecular flexibility index (Phi) is 6.23. The van der Waals surface area contributed by atoms with Gasteiger partial charge in [0, 0.05) is 24.5 Å². The van der Waals surface area contributed by atoms with Crippen LogP contribution in [0.1, 0.15) is 18.9 Å². The molecule has 2 rings (SSSR count). The minimum Gasteiger partial charge on any atom is -0.354 e. The molecular formula is C16H21ClN2O4S. The molecule has 0 aliphatic carbocycles. The first-order valence-corrected chi connectivity index (χ1v) is 9.95. The summed E-state index contributed by atoms with van der Waals surface area (Å²) in [5.41, 5.74) is 1.05. The van der Waals surface area contributed by atoms with Crippen LogP contribution in [-0.4, -0.2) is 55.8 Å². The maximum absolute atomic E-state index is 12.0. The predicted molar refractivity (Wildman–Crippen MR) is 92.6 cm³/mol. The van der Waals surface area contributed by atoms with E-state index in [-0.39, 0.29) is 29.9 Å². The smallest absolute Gasteiger partial charge is 0.239 e. The third-order valence-corrected chi connectivity index (χ3v) is 6.02. The number of halogens is 1. The lowest BCUT2D eigenvalue weighted by molar-refractivity contribution is -0.136. The zero-order valence-corrected chi connectivity index (χ0v) is 15.1. The minimum atomic E-state index is -3.10. The summed E-state index contributed by atoms with van der Waals surface area (Å²) in [6.45, 7) is 1.68. The van der Waals surface area contributed by atoms with Crippen LogP contribution in [0.2, 0.25) is 5.02 Å². The Hall–Kier alpha value is -1.60. The fraction of sp³-hybridized carbons (Fsp3) is 0.500. The maximum atomic E-state index is 12.0. The van der Waals surface area contributed by atoms with Crippen molar-refractivity contribution in [2.45, 2.75) is 25.8 Å². The number of carbonyl (C=O) groups is 2. The second kappa shape index (κ2) is 7.98. The standard InChI is InChI=1S/C16H21ClN2O4S/c1-12(20)19(15-7-9-24(22,23)11-15)10-16(21)18-8-6-13-2-4-14(17)5-3-13/h2-5,15H,6-11H2,1H3,(H,18,21). The molecular weight excluding hydrogens is 352 g/mol. The van der Waals surface area contributed by atoms with Crippen LogP contribution in [-0.2, 0) is 25.8 Å². The molecule has 1 N–H and O–H groups in total. The van der Waals surface area contributed by atoms with Crippen molar-refractivity contribution in [3.05, 3.63) is 34.9 Å². The lowest BCUT2D eigenvalue weighted by atomic mass is 10.1. The molecule has 0 aromatic heterocycles. The number of nitrogens with one attached hydrogen (secondary N) is 1. The van der Waals surface area contributed by atoms with Crippen LogP contribution in [0, 0.1) is 0 Å². The number of carbonyl (C=O) groups excluding carboxylic acids is 2. The van der Waals surface area contributed by atoms with E-state index >= 15 is 0 Å². The van der Waals surface area contributed by atoms with Gasteiger partial charge in [-0.05, 0) is 30.5 Å². The molecule has 1 aliphatic heterocycles. The van der Waals surface area contributed by atoms with Crippen molar-refractivity contribution in [1.29, 1.82) is 0 Å². The first kappa shape index (κ1) is 18.7. The molecule has 1 unspecified atom stereocenters. The third-order valence-electron chi connectivity index (χ3n) is 4.02. The molecule has 1 atom stereocenters. The van der Waals surface area contributed by atoms with Gasteiger partial charge >= 0.3 is 0 Å². The molecule has 24 heavy (non-hydrogen) atoms. The molecule has 6 nitrogen and oxygen atoms in total. The molecule has 8 heteroatoms. The normalized spacial score (nSPS) is 19.0. The van der Waals surface area contributed by atoms with Crippen molar-refractivity contribution in [1.82, 2.24) is 10.2 Å². The van der Waals surface area contributed by atoms with Crippen molar-refractivity contribution < 1.29 is 18.0 Å². The van der Waals surface area contributed by atoms with Gasteiger partial charge in [0.2, 0.25) is 11.8 Å². The molecule has 1 aromatic carbocycles. The van der Waals surface area contributed by atoms with E-state index in [4.69, 9.17) is 11.6 Å². The Labute approximate surface area is 147 Å². The lowest BCUT2D eigenvalue weighted by Crippen LogP contribution is -2.46. The molecule has 0 saturated carbocycles. The second-order valence-corrected chi connectivity index (χ2v) is 8.60. The molecule has 1 heterocycles. The quantitative estimate of drug-likeness (QED) is 0.808. The largest absolute Gasteiger partial charge is 0.354 e. The van der Waals surface area contributed by atoms with Gasteiger partial charge in [-0.15, -0.1) is 0 Å². The highest BCUT2D eigenvalue weighted by atomic mass is 35.5. The first-order valence-electron chi connectivity index (χ1n) is 7.75. The van der Waals surface area contributed by atoms with Crippen molar-refractivity contribution in [2.75, 3.05) is 24.6 Å². The zero-order chi connectivity index (χ0) is 17.7. The molecule has 0 radical (unpaired) electrons. The molecule has 1 aliphatic rings. The van der Waals surface area contributed by atoms with Gasteiger partial charge in [0.25, 0.3) is 0 Å². The van der Waals surface area contributed by atoms with Crippen LogP contribution < -0.4 is 5.32 Å². The molecule has 2 amide bonds. The van der Waals surface area contributed by atoms with Crippen LogP contribution in [0.4, 0.5) is 0 Å². The Morgan fingerprint density at radius 3 is 2.50 bits per heavy atom. The van der Waals surface area contributed by atoms with E-state index < -0.39 is 15.9 Å². The van der Waals surface area contributed by atoms with Crippen molar-refractivity contribution >= 4 is 33.3 Å². The average molecular weight is 373 g/mol. The van der Waals surface area contributed by atoms with Gasteiger partial charge in [-0.1, -0.05) is 23.7 Å². The Morgan fingerprint density at radius 1 is 1.29 bits per heavy atom. The topological polar surface area (TPSA) is 83.6 Å². The van der Waals surface area contributed by atoms with Gasteiger partial charge < -0.3 is 10.2 Å². The van der Waals surface area contributed by atoms with Gasteiger partial charge in [-0.2, -0.15) is 0 Å². The van der Waals surface area contributed by atoms with Crippen molar-refractivity contribution in [3.63, 3.8) is 0 Å². The number of benzene rings is 1. The number of nitrogens with zero attached hydrogens (tertiary/aromatic N) is 1. The van der Waals surface area contributed by atoms with Crippen LogP contribution in [0.5, 0.6) is 0 Å². The molecule has 1 aromatic rings. The summed E-state index contributed by atoms with van der Waals surface area (Å²) in [7, 11) is -3.10. The van der Waals surface area contributed by atoms with E-state index in [9.17, 15) is 18.0 Å². The van der Waals surface area contributed by atoms with Crippen LogP contribution >= 0.6 is 11.6 Å². The van der Waals surface area contributed by atoms with Gasteiger partial charge in [-0.3, -0.25) is 9.59 Å². The van der Waals surface area contributed by atoms with Gasteiger partial charge in [0.15, 0.2) is 9.84 Å². The molecule has 1 fully saturated rings. The SMILES string of the molecule is CC(=O)N(CC(=O)NCCc1ccc(Cl)cc1)C1CCS(=O)(=O)C1. The van der Waals surface area contributed by atoms with E-state index in [0.29, 0.717) is 24.4 Å². The van der Waals surface area contributed by atoms with E-state index in [1.54, 1.807) is 12.1 Å². The van der Waals surface area contributed by atoms with E-state index in [1.807, 2.05) is 12.1 Å². The fourth-order valence-electron chi connectivity index (χ4n) is 2.73. The fourth-order valence-corrected chi connectivity index (χ4v) is 4.58. The van der Waals surface area contributed by atoms with Gasteiger partial charge in [-0.25, -0.2) is 8.42 Å². The summed E-state index contributed by atoms with van der Waals surface area (Å²) >= 11 is 5.82. The molecule has 132 valence electrons. The number of rotatable bonds is 6. The zero-order valence-electron chi connectivity index (χ0n) is 13.5. The highest BCUT2D eigenvalue weighted by Crippen LogP contribution is 2.17. The Bertz CT molecular complexity index is 703. The third kappa shape index (κ3) is 5.49. The van der Waals surface area contributed by atoms with E-state index in [1.165, 1.54) is 11.8 Å². The monoisotopic (exact) mass is 372 g/mol. The highest BCUT2D eigenvalue weighted by molar-refractivity contribution is 7.91. The van der Waals surface area contributed by atoms with Crippen LogP contribution in [0.25, 0.3) is 0 Å². The summed E-state index contributed by atoms with van der Waals surface area (Å²) in [5, 5.41) is 3.42.